The molecule has 16 heavy (non-hydrogen) atoms. The van der Waals surface area contributed by atoms with E-state index in [0.29, 0.717) is 12.5 Å². The van der Waals surface area contributed by atoms with Gasteiger partial charge in [-0.15, -0.1) is 0 Å². The molecule has 0 unspecified atom stereocenters. The molecule has 1 aromatic rings. The minimum absolute atomic E-state index is 0.481. The van der Waals surface area contributed by atoms with E-state index in [1.54, 1.807) is 0 Å². The minimum Gasteiger partial charge on any atom is -0.485 e. The minimum atomic E-state index is 0.481. The Balaban J connectivity index is 2.03. The maximum Gasteiger partial charge on any atom is 0.145 e. The molecule has 2 rings (SSSR count). The van der Waals surface area contributed by atoms with E-state index in [-0.39, 0.29) is 0 Å². The number of nitrogens with one attached hydrogen (secondary N) is 1. The van der Waals surface area contributed by atoms with E-state index in [1.807, 2.05) is 18.2 Å². The summed E-state index contributed by atoms with van der Waals surface area (Å²) in [6, 6.07) is 8.19. The summed E-state index contributed by atoms with van der Waals surface area (Å²) in [5.74, 6) is 2.40. The molecule has 0 atom stereocenters. The molecule has 0 radical (unpaired) electrons. The molecule has 0 saturated heterocycles. The van der Waals surface area contributed by atoms with Crippen LogP contribution in [0.25, 0.3) is 0 Å². The van der Waals surface area contributed by atoms with Gasteiger partial charge in [-0.2, -0.15) is 0 Å². The summed E-state index contributed by atoms with van der Waals surface area (Å²) in [5, 5.41) is 3.20. The largest absolute Gasteiger partial charge is 0.485 e. The van der Waals surface area contributed by atoms with Crippen molar-refractivity contribution in [1.82, 2.24) is 5.32 Å². The molecule has 1 N–H and O–H groups in total. The Hall–Kier alpha value is -1.51. The number of ether oxygens (including phenoxy) is 1. The van der Waals surface area contributed by atoms with Crippen molar-refractivity contribution in [2.45, 2.75) is 19.8 Å². The van der Waals surface area contributed by atoms with Crippen LogP contribution in [0.2, 0.25) is 0 Å². The van der Waals surface area contributed by atoms with Crippen molar-refractivity contribution in [2.24, 2.45) is 4.99 Å². The van der Waals surface area contributed by atoms with Crippen LogP contribution < -0.4 is 10.1 Å². The smallest absolute Gasteiger partial charge is 0.145 e. The number of aliphatic imine (C=N–C) groups is 1. The molecule has 1 aliphatic rings. The van der Waals surface area contributed by atoms with Gasteiger partial charge in [0.2, 0.25) is 0 Å². The van der Waals surface area contributed by atoms with E-state index in [4.69, 9.17) is 4.74 Å². The summed E-state index contributed by atoms with van der Waals surface area (Å²) in [6.45, 7) is 6.69. The molecule has 0 aromatic heterocycles. The van der Waals surface area contributed by atoms with Crippen LogP contribution in [0, 0.1) is 0 Å². The number of hydrogen-bond acceptors (Lipinski definition) is 3. The lowest BCUT2D eigenvalue weighted by molar-refractivity contribution is 0.367. The van der Waals surface area contributed by atoms with Crippen molar-refractivity contribution in [1.29, 1.82) is 0 Å². The number of nitrogens with zero attached hydrogens (tertiary/aromatic N) is 1. The van der Waals surface area contributed by atoms with Crippen molar-refractivity contribution in [3.8, 4) is 5.75 Å². The van der Waals surface area contributed by atoms with Crippen molar-refractivity contribution >= 4 is 5.84 Å². The predicted molar refractivity (Wildman–Crippen MR) is 66.3 cm³/mol. The Morgan fingerprint density at radius 2 is 2.19 bits per heavy atom. The molecule has 1 aliphatic heterocycles. The van der Waals surface area contributed by atoms with Gasteiger partial charge in [-0.25, -0.2) is 0 Å². The van der Waals surface area contributed by atoms with Crippen LogP contribution >= 0.6 is 0 Å². The Morgan fingerprint density at radius 3 is 2.88 bits per heavy atom. The van der Waals surface area contributed by atoms with E-state index in [2.05, 4.69) is 30.2 Å². The second-order valence-electron chi connectivity index (χ2n) is 4.24. The average molecular weight is 218 g/mol. The first kappa shape index (κ1) is 11.0. The Morgan fingerprint density at radius 1 is 1.38 bits per heavy atom. The monoisotopic (exact) mass is 218 g/mol. The molecule has 3 heteroatoms. The van der Waals surface area contributed by atoms with Gasteiger partial charge < -0.3 is 10.1 Å². The summed E-state index contributed by atoms with van der Waals surface area (Å²) in [5.41, 5.74) is 1.25. The fourth-order valence-electron chi connectivity index (χ4n) is 1.78. The average Bonchev–Trinajstić information content (AvgIpc) is 2.79. The molecule has 0 spiro atoms. The lowest BCUT2D eigenvalue weighted by Crippen LogP contribution is -2.25. The van der Waals surface area contributed by atoms with Crippen molar-refractivity contribution in [2.75, 3.05) is 19.7 Å². The van der Waals surface area contributed by atoms with E-state index >= 15 is 0 Å². The van der Waals surface area contributed by atoms with Crippen molar-refractivity contribution in [3.63, 3.8) is 0 Å². The highest BCUT2D eigenvalue weighted by molar-refractivity contribution is 5.85. The molecular weight excluding hydrogens is 200 g/mol. The molecule has 3 nitrogen and oxygen atoms in total. The van der Waals surface area contributed by atoms with Gasteiger partial charge >= 0.3 is 0 Å². The standard InChI is InChI=1S/C13H18N2O/c1-10(2)11-5-3-4-6-12(11)16-9-13-14-7-8-15-13/h3-6,10H,7-9H2,1-2H3,(H,14,15). The number of para-hydroxylation sites is 1. The molecule has 0 saturated carbocycles. The molecule has 0 fully saturated rings. The maximum absolute atomic E-state index is 5.79. The van der Waals surface area contributed by atoms with E-state index < -0.39 is 0 Å². The Labute approximate surface area is 96.5 Å². The normalized spacial score (nSPS) is 14.8. The van der Waals surface area contributed by atoms with Gasteiger partial charge in [-0.05, 0) is 17.5 Å². The first-order valence-electron chi connectivity index (χ1n) is 5.76. The first-order valence-corrected chi connectivity index (χ1v) is 5.76. The summed E-state index contributed by atoms with van der Waals surface area (Å²) >= 11 is 0. The molecule has 0 aliphatic carbocycles. The zero-order chi connectivity index (χ0) is 11.4. The molecule has 86 valence electrons. The lowest BCUT2D eigenvalue weighted by Gasteiger charge is -2.13. The van der Waals surface area contributed by atoms with Gasteiger partial charge in [0.05, 0.1) is 6.54 Å². The number of rotatable bonds is 4. The van der Waals surface area contributed by atoms with Crippen LogP contribution in [-0.4, -0.2) is 25.5 Å². The molecule has 0 bridgehead atoms. The van der Waals surface area contributed by atoms with E-state index in [0.717, 1.165) is 24.7 Å². The van der Waals surface area contributed by atoms with Crippen LogP contribution in [-0.2, 0) is 0 Å². The van der Waals surface area contributed by atoms with E-state index in [9.17, 15) is 0 Å². The Bertz CT molecular complexity index is 385. The van der Waals surface area contributed by atoms with Crippen molar-refractivity contribution < 1.29 is 4.74 Å². The summed E-state index contributed by atoms with van der Waals surface area (Å²) in [7, 11) is 0. The summed E-state index contributed by atoms with van der Waals surface area (Å²) in [4.78, 5) is 4.31. The molecule has 0 amide bonds. The van der Waals surface area contributed by atoms with Crippen LogP contribution in [0.4, 0.5) is 0 Å². The van der Waals surface area contributed by atoms with Crippen LogP contribution in [0.1, 0.15) is 25.3 Å². The molecular formula is C13H18N2O. The summed E-state index contributed by atoms with van der Waals surface area (Å²) in [6.07, 6.45) is 0. The first-order chi connectivity index (χ1) is 7.77. The van der Waals surface area contributed by atoms with Gasteiger partial charge in [0, 0.05) is 6.54 Å². The number of hydrogen-bond donors (Lipinski definition) is 1. The number of amidine groups is 1. The van der Waals surface area contributed by atoms with Gasteiger partial charge in [-0.3, -0.25) is 4.99 Å². The quantitative estimate of drug-likeness (QED) is 0.840. The summed E-state index contributed by atoms with van der Waals surface area (Å²) < 4.78 is 5.79. The van der Waals surface area contributed by atoms with Gasteiger partial charge in [0.25, 0.3) is 0 Å². The van der Waals surface area contributed by atoms with Gasteiger partial charge in [-0.1, -0.05) is 32.0 Å². The third-order valence-electron chi connectivity index (χ3n) is 2.65. The van der Waals surface area contributed by atoms with Gasteiger partial charge in [0.15, 0.2) is 0 Å². The zero-order valence-corrected chi connectivity index (χ0v) is 9.86. The highest BCUT2D eigenvalue weighted by atomic mass is 16.5. The molecule has 1 aromatic carbocycles. The molecule has 1 heterocycles. The SMILES string of the molecule is CC(C)c1ccccc1OCC1=NCCN1. The Kier molecular flexibility index (Phi) is 3.44. The van der Waals surface area contributed by atoms with Gasteiger partial charge in [0.1, 0.15) is 18.2 Å². The fourth-order valence-corrected chi connectivity index (χ4v) is 1.78. The topological polar surface area (TPSA) is 33.6 Å². The predicted octanol–water partition coefficient (Wildman–Crippen LogP) is 2.19. The second kappa shape index (κ2) is 5.01. The van der Waals surface area contributed by atoms with Crippen LogP contribution in [0.15, 0.2) is 29.3 Å². The van der Waals surface area contributed by atoms with Crippen LogP contribution in [0.3, 0.4) is 0 Å². The lowest BCUT2D eigenvalue weighted by atomic mass is 10.0. The maximum atomic E-state index is 5.79. The van der Waals surface area contributed by atoms with Crippen LogP contribution in [0.5, 0.6) is 5.75 Å². The second-order valence-corrected chi connectivity index (χ2v) is 4.24. The zero-order valence-electron chi connectivity index (χ0n) is 9.86. The van der Waals surface area contributed by atoms with E-state index in [1.165, 1.54) is 5.56 Å². The van der Waals surface area contributed by atoms with Crippen molar-refractivity contribution in [3.05, 3.63) is 29.8 Å². The third-order valence-corrected chi connectivity index (χ3v) is 2.65. The highest BCUT2D eigenvalue weighted by Crippen LogP contribution is 2.25. The third kappa shape index (κ3) is 2.54. The number of benzene rings is 1. The fraction of sp³-hybridized carbons (Fsp3) is 0.462. The highest BCUT2D eigenvalue weighted by Gasteiger charge is 2.09.